The average Bonchev–Trinajstić information content (AvgIpc) is 2.60. The Kier molecular flexibility index (Phi) is 6.99. The van der Waals surface area contributed by atoms with Gasteiger partial charge < -0.3 is 14.7 Å². The molecule has 1 N–H and O–H groups in total. The number of anilines is 1. The molecule has 160 valence electrons. The second-order valence-corrected chi connectivity index (χ2v) is 6.39. The first-order valence-electron chi connectivity index (χ1n) is 8.39. The molecule has 0 aromatic heterocycles. The van der Waals surface area contributed by atoms with Gasteiger partial charge in [0.1, 0.15) is 5.75 Å². The first-order chi connectivity index (χ1) is 13.4. The number of aliphatic hydroxyl groups excluding tert-OH is 1. The largest absolute Gasteiger partial charge is 0.461 e. The molecule has 0 fully saturated rings. The van der Waals surface area contributed by atoms with Gasteiger partial charge in [-0.25, -0.2) is 0 Å². The SMILES string of the molecule is Cc1cccc(N(Cc2cccc(OC(F)(F)C(F)F)c2)CC(O)C(F)(F)F)c1. The fraction of sp³-hybridized carbons (Fsp3) is 0.368. The highest BCUT2D eigenvalue weighted by Gasteiger charge is 2.44. The second-order valence-electron chi connectivity index (χ2n) is 6.39. The molecule has 0 aliphatic rings. The number of halogens is 7. The fourth-order valence-corrected chi connectivity index (χ4v) is 2.53. The summed E-state index contributed by atoms with van der Waals surface area (Å²) in [6.07, 6.45) is -16.3. The Balaban J connectivity index is 2.28. The third-order valence-corrected chi connectivity index (χ3v) is 3.92. The Morgan fingerprint density at radius 1 is 1.00 bits per heavy atom. The summed E-state index contributed by atoms with van der Waals surface area (Å²) in [6.45, 7) is 0.696. The zero-order valence-electron chi connectivity index (χ0n) is 15.1. The van der Waals surface area contributed by atoms with Crippen LogP contribution in [0.1, 0.15) is 11.1 Å². The summed E-state index contributed by atoms with van der Waals surface area (Å²) in [4.78, 5) is 1.20. The topological polar surface area (TPSA) is 32.7 Å². The molecule has 0 saturated heterocycles. The number of aryl methyl sites for hydroxylation is 1. The molecular formula is C19H18F7NO2. The number of ether oxygens (including phenoxy) is 1. The van der Waals surface area contributed by atoms with Crippen molar-refractivity contribution in [2.75, 3.05) is 11.4 Å². The summed E-state index contributed by atoms with van der Waals surface area (Å²) in [7, 11) is 0. The molecule has 2 aromatic rings. The van der Waals surface area contributed by atoms with E-state index in [9.17, 15) is 35.8 Å². The molecule has 0 spiro atoms. The molecule has 1 unspecified atom stereocenters. The molecule has 0 aliphatic heterocycles. The molecule has 29 heavy (non-hydrogen) atoms. The first-order valence-corrected chi connectivity index (χ1v) is 8.39. The van der Waals surface area contributed by atoms with Crippen molar-refractivity contribution in [3.63, 3.8) is 0 Å². The highest BCUT2D eigenvalue weighted by molar-refractivity contribution is 5.49. The van der Waals surface area contributed by atoms with E-state index in [1.807, 2.05) is 0 Å². The summed E-state index contributed by atoms with van der Waals surface area (Å²) in [5.41, 5.74) is 1.34. The standard InChI is InChI=1S/C19H18F7NO2/c1-12-4-2-6-14(8-12)27(11-16(28)18(22,23)24)10-13-5-3-7-15(9-13)29-19(25,26)17(20)21/h2-9,16-17,28H,10-11H2,1H3. The predicted octanol–water partition coefficient (Wildman–Crippen LogP) is 5.16. The van der Waals surface area contributed by atoms with E-state index < -0.39 is 37.1 Å². The van der Waals surface area contributed by atoms with Gasteiger partial charge in [0.25, 0.3) is 0 Å². The van der Waals surface area contributed by atoms with Crippen LogP contribution in [0.25, 0.3) is 0 Å². The van der Waals surface area contributed by atoms with Crippen molar-refractivity contribution < 1.29 is 40.6 Å². The van der Waals surface area contributed by atoms with Gasteiger partial charge in [0, 0.05) is 12.2 Å². The molecule has 0 bridgehead atoms. The average molecular weight is 425 g/mol. The van der Waals surface area contributed by atoms with Gasteiger partial charge in [-0.1, -0.05) is 24.3 Å². The molecular weight excluding hydrogens is 407 g/mol. The van der Waals surface area contributed by atoms with Crippen LogP contribution in [0.15, 0.2) is 48.5 Å². The molecule has 10 heteroatoms. The normalized spacial score (nSPS) is 13.4. The molecule has 1 atom stereocenters. The van der Waals surface area contributed by atoms with Crippen LogP contribution in [0.3, 0.4) is 0 Å². The van der Waals surface area contributed by atoms with Gasteiger partial charge in [0.05, 0.1) is 6.54 Å². The van der Waals surface area contributed by atoms with Crippen LogP contribution in [0.5, 0.6) is 5.75 Å². The maximum absolute atomic E-state index is 13.1. The molecule has 2 aromatic carbocycles. The van der Waals surface area contributed by atoms with Gasteiger partial charge in [0.2, 0.25) is 0 Å². The van der Waals surface area contributed by atoms with Crippen LogP contribution in [-0.2, 0) is 6.54 Å². The number of aliphatic hydroxyl groups is 1. The van der Waals surface area contributed by atoms with Crippen molar-refractivity contribution in [2.45, 2.75) is 38.3 Å². The Morgan fingerprint density at radius 3 is 2.24 bits per heavy atom. The zero-order chi connectivity index (χ0) is 21.8. The predicted molar refractivity (Wildman–Crippen MR) is 92.3 cm³/mol. The van der Waals surface area contributed by atoms with Gasteiger partial charge in [-0.15, -0.1) is 0 Å². The zero-order valence-corrected chi connectivity index (χ0v) is 15.1. The number of rotatable bonds is 8. The molecule has 0 saturated carbocycles. The lowest BCUT2D eigenvalue weighted by Crippen LogP contribution is -2.41. The monoisotopic (exact) mass is 425 g/mol. The fourth-order valence-electron chi connectivity index (χ4n) is 2.53. The highest BCUT2D eigenvalue weighted by Crippen LogP contribution is 2.29. The van der Waals surface area contributed by atoms with Crippen LogP contribution in [0.4, 0.5) is 36.4 Å². The number of hydrogen-bond acceptors (Lipinski definition) is 3. The highest BCUT2D eigenvalue weighted by atomic mass is 19.4. The van der Waals surface area contributed by atoms with Crippen LogP contribution < -0.4 is 9.64 Å². The molecule has 0 amide bonds. The Labute approximate surface area is 162 Å². The third-order valence-electron chi connectivity index (χ3n) is 3.92. The van der Waals surface area contributed by atoms with E-state index in [2.05, 4.69) is 4.74 Å². The Bertz CT molecular complexity index is 811. The molecule has 3 nitrogen and oxygen atoms in total. The maximum atomic E-state index is 13.1. The van der Waals surface area contributed by atoms with Crippen molar-refractivity contribution in [1.29, 1.82) is 0 Å². The minimum absolute atomic E-state index is 0.214. The van der Waals surface area contributed by atoms with Crippen LogP contribution in [0, 0.1) is 6.92 Å². The first kappa shape index (κ1) is 22.8. The minimum Gasteiger partial charge on any atom is -0.428 e. The smallest absolute Gasteiger partial charge is 0.428 e. The quantitative estimate of drug-likeness (QED) is 0.593. The van der Waals surface area contributed by atoms with E-state index in [1.54, 1.807) is 25.1 Å². The lowest BCUT2D eigenvalue weighted by molar-refractivity contribution is -0.253. The van der Waals surface area contributed by atoms with Crippen LogP contribution in [-0.4, -0.2) is 36.5 Å². The summed E-state index contributed by atoms with van der Waals surface area (Å²) in [5, 5.41) is 9.46. The van der Waals surface area contributed by atoms with Gasteiger partial charge in [-0.3, -0.25) is 0 Å². The number of alkyl halides is 7. The number of hydrogen-bond donors (Lipinski definition) is 1. The summed E-state index contributed by atoms with van der Waals surface area (Å²) >= 11 is 0. The lowest BCUT2D eigenvalue weighted by Gasteiger charge is -2.29. The van der Waals surface area contributed by atoms with Crippen molar-refractivity contribution in [1.82, 2.24) is 0 Å². The van der Waals surface area contributed by atoms with Crippen molar-refractivity contribution in [2.24, 2.45) is 0 Å². The molecule has 0 heterocycles. The van der Waals surface area contributed by atoms with E-state index >= 15 is 0 Å². The van der Waals surface area contributed by atoms with Gasteiger partial charge >= 0.3 is 18.7 Å². The van der Waals surface area contributed by atoms with Crippen LogP contribution in [0.2, 0.25) is 0 Å². The van der Waals surface area contributed by atoms with E-state index in [0.717, 1.165) is 17.7 Å². The van der Waals surface area contributed by atoms with E-state index in [4.69, 9.17) is 0 Å². The van der Waals surface area contributed by atoms with Crippen molar-refractivity contribution in [3.05, 3.63) is 59.7 Å². The van der Waals surface area contributed by atoms with E-state index in [0.29, 0.717) is 5.69 Å². The molecule has 0 radical (unpaired) electrons. The van der Waals surface area contributed by atoms with Crippen molar-refractivity contribution in [3.8, 4) is 5.75 Å². The van der Waals surface area contributed by atoms with E-state index in [-0.39, 0.29) is 12.1 Å². The molecule has 0 aliphatic carbocycles. The maximum Gasteiger partial charge on any atom is 0.461 e. The van der Waals surface area contributed by atoms with Crippen molar-refractivity contribution >= 4 is 5.69 Å². The van der Waals surface area contributed by atoms with Gasteiger partial charge in [-0.05, 0) is 42.3 Å². The molecule has 2 rings (SSSR count). The van der Waals surface area contributed by atoms with Crippen LogP contribution >= 0.6 is 0 Å². The Hall–Kier alpha value is -2.49. The number of nitrogens with zero attached hydrogens (tertiary/aromatic N) is 1. The second kappa shape index (κ2) is 8.89. The minimum atomic E-state index is -4.85. The summed E-state index contributed by atoms with van der Waals surface area (Å²) in [5.74, 6) is -0.562. The van der Waals surface area contributed by atoms with Gasteiger partial charge in [0.15, 0.2) is 6.10 Å². The summed E-state index contributed by atoms with van der Waals surface area (Å²) in [6, 6.07) is 11.2. The Morgan fingerprint density at radius 2 is 1.66 bits per heavy atom. The third kappa shape index (κ3) is 6.52. The number of benzene rings is 2. The summed E-state index contributed by atoms with van der Waals surface area (Å²) < 4.78 is 93.3. The lowest BCUT2D eigenvalue weighted by atomic mass is 10.1. The van der Waals surface area contributed by atoms with E-state index in [1.165, 1.54) is 23.1 Å². The van der Waals surface area contributed by atoms with Gasteiger partial charge in [-0.2, -0.15) is 30.7 Å².